The van der Waals surface area contributed by atoms with Crippen molar-refractivity contribution in [2.75, 3.05) is 16.5 Å². The number of pyridine rings is 1. The Morgan fingerprint density at radius 3 is 2.16 bits per heavy atom. The zero-order valence-corrected chi connectivity index (χ0v) is 32.1. The molecule has 1 aliphatic rings. The van der Waals surface area contributed by atoms with Gasteiger partial charge in [-0.1, -0.05) is 95.3 Å². The zero-order valence-electron chi connectivity index (χ0n) is 32.1. The Morgan fingerprint density at radius 2 is 1.39 bits per heavy atom. The molecule has 0 unspecified atom stereocenters. The minimum absolute atomic E-state index is 0.0730. The average molecular weight is 741 g/mol. The third-order valence-electron chi connectivity index (χ3n) is 10.8. The maximum absolute atomic E-state index is 15.5. The van der Waals surface area contributed by atoms with Gasteiger partial charge in [0, 0.05) is 34.8 Å². The van der Waals surface area contributed by atoms with Crippen molar-refractivity contribution >= 4 is 44.6 Å². The molecule has 7 heteroatoms. The van der Waals surface area contributed by atoms with Crippen LogP contribution in [0.25, 0.3) is 38.8 Å². The molecule has 0 saturated heterocycles. The molecule has 278 valence electrons. The Labute approximate surface area is 326 Å². The summed E-state index contributed by atoms with van der Waals surface area (Å²) in [7, 11) is 0. The first-order chi connectivity index (χ1) is 27.0. The van der Waals surface area contributed by atoms with Crippen LogP contribution in [-0.2, 0) is 5.41 Å². The molecule has 0 radical (unpaired) electrons. The molecular formula is C49H42F2N4O. The molecular weight excluding hydrogens is 699 g/mol. The number of para-hydroxylation sites is 2. The zero-order chi connectivity index (χ0) is 38.7. The fraction of sp³-hybridized carbons (Fsp3) is 0.163. The van der Waals surface area contributed by atoms with E-state index in [1.807, 2.05) is 36.4 Å². The fourth-order valence-corrected chi connectivity index (χ4v) is 7.81. The second-order valence-corrected chi connectivity index (χ2v) is 15.8. The first kappa shape index (κ1) is 35.2. The molecule has 0 atom stereocenters. The van der Waals surface area contributed by atoms with Crippen molar-refractivity contribution in [3.63, 3.8) is 0 Å². The summed E-state index contributed by atoms with van der Waals surface area (Å²) in [6.07, 6.45) is 1.81. The van der Waals surface area contributed by atoms with Crippen LogP contribution in [0.2, 0.25) is 0 Å². The minimum atomic E-state index is -0.610. The third-order valence-corrected chi connectivity index (χ3v) is 10.8. The molecule has 9 rings (SSSR count). The molecule has 0 amide bonds. The Bertz CT molecular complexity index is 2750. The van der Waals surface area contributed by atoms with E-state index in [9.17, 15) is 0 Å². The van der Waals surface area contributed by atoms with E-state index in [1.165, 1.54) is 23.8 Å². The summed E-state index contributed by atoms with van der Waals surface area (Å²) >= 11 is 0. The van der Waals surface area contributed by atoms with Crippen LogP contribution < -0.4 is 14.5 Å². The Kier molecular flexibility index (Phi) is 8.61. The molecule has 8 aromatic rings. The smallest absolute Gasteiger partial charge is 0.149 e. The molecule has 5 nitrogen and oxygen atoms in total. The van der Waals surface area contributed by atoms with Gasteiger partial charge in [0.2, 0.25) is 0 Å². The quantitative estimate of drug-likeness (QED) is 0.163. The summed E-state index contributed by atoms with van der Waals surface area (Å²) in [5.41, 5.74) is 8.53. The van der Waals surface area contributed by atoms with E-state index in [0.29, 0.717) is 17.4 Å². The van der Waals surface area contributed by atoms with E-state index in [2.05, 4.69) is 129 Å². The van der Waals surface area contributed by atoms with Crippen molar-refractivity contribution in [1.82, 2.24) is 9.55 Å². The number of benzene rings is 6. The van der Waals surface area contributed by atoms with Gasteiger partial charge < -0.3 is 14.5 Å². The van der Waals surface area contributed by atoms with Crippen LogP contribution in [0.4, 0.5) is 31.5 Å². The number of anilines is 4. The lowest BCUT2D eigenvalue weighted by Gasteiger charge is -2.24. The predicted molar refractivity (Wildman–Crippen MR) is 225 cm³/mol. The van der Waals surface area contributed by atoms with Crippen molar-refractivity contribution < 1.29 is 13.5 Å². The molecule has 6 aromatic carbocycles. The molecule has 0 N–H and O–H groups in total. The van der Waals surface area contributed by atoms with Crippen molar-refractivity contribution in [1.29, 1.82) is 0 Å². The lowest BCUT2D eigenvalue weighted by Crippen LogP contribution is -2.25. The molecule has 3 heterocycles. The fourth-order valence-electron chi connectivity index (χ4n) is 7.81. The number of rotatable bonds is 7. The number of halogens is 2. The summed E-state index contributed by atoms with van der Waals surface area (Å²) in [6, 6.07) is 45.5. The van der Waals surface area contributed by atoms with Crippen molar-refractivity contribution in [3.8, 4) is 28.4 Å². The summed E-state index contributed by atoms with van der Waals surface area (Å²) in [5.74, 6) is 1.25. The lowest BCUT2D eigenvalue weighted by atomic mass is 9.86. The number of aromatic nitrogens is 2. The number of fused-ring (bicyclic) bond motifs is 4. The van der Waals surface area contributed by atoms with Gasteiger partial charge in [-0.15, -0.1) is 0 Å². The van der Waals surface area contributed by atoms with E-state index in [0.717, 1.165) is 61.4 Å². The predicted octanol–water partition coefficient (Wildman–Crippen LogP) is 13.6. The normalized spacial score (nSPS) is 12.9. The number of hydrogen-bond acceptors (Lipinski definition) is 4. The molecule has 1 aliphatic heterocycles. The van der Waals surface area contributed by atoms with Gasteiger partial charge in [-0.25, -0.2) is 13.8 Å². The summed E-state index contributed by atoms with van der Waals surface area (Å²) in [6.45, 7) is 11.0. The topological polar surface area (TPSA) is 33.5 Å². The Morgan fingerprint density at radius 1 is 0.625 bits per heavy atom. The highest BCUT2D eigenvalue weighted by Gasteiger charge is 2.33. The first-order valence-corrected chi connectivity index (χ1v) is 19.0. The Balaban J connectivity index is 1.20. The van der Waals surface area contributed by atoms with E-state index < -0.39 is 11.6 Å². The van der Waals surface area contributed by atoms with Crippen molar-refractivity contribution in [3.05, 3.63) is 168 Å². The summed E-state index contributed by atoms with van der Waals surface area (Å²) < 4.78 is 40.1. The van der Waals surface area contributed by atoms with Crippen LogP contribution in [0.3, 0.4) is 0 Å². The van der Waals surface area contributed by atoms with E-state index in [1.54, 1.807) is 11.1 Å². The second kappa shape index (κ2) is 13.7. The lowest BCUT2D eigenvalue weighted by molar-refractivity contribution is 0.483. The Hall–Kier alpha value is -6.47. The molecule has 2 aromatic heterocycles. The number of nitrogens with zero attached hydrogens (tertiary/aromatic N) is 4. The summed E-state index contributed by atoms with van der Waals surface area (Å²) in [4.78, 5) is 8.55. The highest BCUT2D eigenvalue weighted by molar-refractivity contribution is 6.09. The minimum Gasteiger partial charge on any atom is -0.457 e. The average Bonchev–Trinajstić information content (AvgIpc) is 3.73. The molecule has 0 fully saturated rings. The monoisotopic (exact) mass is 740 g/mol. The van der Waals surface area contributed by atoms with E-state index in [4.69, 9.17) is 9.72 Å². The highest BCUT2D eigenvalue weighted by atomic mass is 19.1. The van der Waals surface area contributed by atoms with Crippen LogP contribution in [-0.4, -0.2) is 16.2 Å². The van der Waals surface area contributed by atoms with E-state index >= 15 is 8.78 Å². The van der Waals surface area contributed by atoms with Crippen LogP contribution in [0.1, 0.15) is 51.7 Å². The van der Waals surface area contributed by atoms with Crippen LogP contribution in [0.15, 0.2) is 146 Å². The van der Waals surface area contributed by atoms with Gasteiger partial charge in [-0.3, -0.25) is 4.57 Å². The maximum atomic E-state index is 15.5. The maximum Gasteiger partial charge on any atom is 0.149 e. The van der Waals surface area contributed by atoms with E-state index in [-0.39, 0.29) is 17.8 Å². The van der Waals surface area contributed by atoms with Crippen molar-refractivity contribution in [2.24, 2.45) is 0 Å². The van der Waals surface area contributed by atoms with Gasteiger partial charge in [0.05, 0.1) is 22.4 Å². The van der Waals surface area contributed by atoms with Gasteiger partial charge in [0.25, 0.3) is 0 Å². The van der Waals surface area contributed by atoms with Crippen LogP contribution in [0.5, 0.6) is 11.5 Å². The van der Waals surface area contributed by atoms with Crippen LogP contribution >= 0.6 is 0 Å². The molecule has 0 spiro atoms. The van der Waals surface area contributed by atoms with Gasteiger partial charge in [-0.2, -0.15) is 0 Å². The highest BCUT2D eigenvalue weighted by Crippen LogP contribution is 2.49. The van der Waals surface area contributed by atoms with Gasteiger partial charge in [0.1, 0.15) is 41.3 Å². The molecule has 56 heavy (non-hydrogen) atoms. The second-order valence-electron chi connectivity index (χ2n) is 15.8. The standard InChI is InChI=1S/C49H42F2N4O/c1-31(2)32-12-10-13-33(24-32)34-25-36(53-30-54(48-41(50)15-11-16-42(48)51)46-27-35(49(3,4)5)19-22-44(46)53)28-38(26-34)56-37-20-21-40-39-14-6-7-17-43(39)55(45(40)29-37)47-18-8-9-23-52-47/h6-29,31H,30H2,1-5H3. The van der Waals surface area contributed by atoms with Crippen molar-refractivity contribution in [2.45, 2.75) is 46.0 Å². The van der Waals surface area contributed by atoms with Gasteiger partial charge >= 0.3 is 0 Å². The third kappa shape index (κ3) is 6.23. The van der Waals surface area contributed by atoms with Gasteiger partial charge in [-0.05, 0) is 100 Å². The molecule has 0 bridgehead atoms. The van der Waals surface area contributed by atoms with Crippen LogP contribution in [0, 0.1) is 11.6 Å². The molecule has 0 saturated carbocycles. The van der Waals surface area contributed by atoms with Gasteiger partial charge in [0.15, 0.2) is 0 Å². The first-order valence-electron chi connectivity index (χ1n) is 19.0. The molecule has 0 aliphatic carbocycles. The SMILES string of the molecule is CC(C)c1cccc(-c2cc(Oc3ccc4c5ccccc5n(-c5ccccn5)c4c3)cc(N3CN(c4c(F)cccc4F)c4cc(C(C)(C)C)ccc43)c2)c1. The number of ether oxygens (including phenoxy) is 1. The largest absolute Gasteiger partial charge is 0.457 e. The summed E-state index contributed by atoms with van der Waals surface area (Å²) in [5, 5.41) is 2.23. The number of hydrogen-bond donors (Lipinski definition) is 0.